The number of hydrogen-bond acceptors (Lipinski definition) is 2. The van der Waals surface area contributed by atoms with Gasteiger partial charge in [0.2, 0.25) is 0 Å². The number of anilines is 2. The Kier molecular flexibility index (Phi) is 4.27. The van der Waals surface area contributed by atoms with Gasteiger partial charge < -0.3 is 11.1 Å². The fourth-order valence-electron chi connectivity index (χ4n) is 1.72. The summed E-state index contributed by atoms with van der Waals surface area (Å²) in [6, 6.07) is 10.8. The number of nitrogen functional groups attached to an aromatic ring is 1. The molecule has 0 heterocycles. The molecule has 0 aliphatic carbocycles. The predicted molar refractivity (Wildman–Crippen MR) is 85.4 cm³/mol. The highest BCUT2D eigenvalue weighted by molar-refractivity contribution is 9.11. The van der Waals surface area contributed by atoms with E-state index in [0.717, 1.165) is 20.2 Å². The topological polar surface area (TPSA) is 55.1 Å². The summed E-state index contributed by atoms with van der Waals surface area (Å²) in [5.74, 6) is -0.152. The number of rotatable bonds is 2. The summed E-state index contributed by atoms with van der Waals surface area (Å²) >= 11 is 6.78. The van der Waals surface area contributed by atoms with Crippen LogP contribution in [0.25, 0.3) is 0 Å². The van der Waals surface area contributed by atoms with Gasteiger partial charge in [-0.1, -0.05) is 15.9 Å². The van der Waals surface area contributed by atoms with E-state index in [1.54, 1.807) is 18.2 Å². The van der Waals surface area contributed by atoms with Crippen molar-refractivity contribution in [2.24, 2.45) is 0 Å². The minimum Gasteiger partial charge on any atom is -0.399 e. The number of amides is 1. The van der Waals surface area contributed by atoms with E-state index in [4.69, 9.17) is 5.73 Å². The first-order chi connectivity index (χ1) is 8.97. The van der Waals surface area contributed by atoms with Crippen LogP contribution in [0.2, 0.25) is 0 Å². The standard InChI is InChI=1S/C14H12Br2N2O/c1-8-6-10(17)3-4-11(8)14(19)18-13-5-2-9(15)7-12(13)16/h2-7H,17H2,1H3,(H,18,19). The fraction of sp³-hybridized carbons (Fsp3) is 0.0714. The second-order valence-corrected chi connectivity index (χ2v) is 5.92. The Morgan fingerprint density at radius 3 is 2.53 bits per heavy atom. The van der Waals surface area contributed by atoms with Gasteiger partial charge in [-0.05, 0) is 64.8 Å². The molecule has 0 aromatic heterocycles. The van der Waals surface area contributed by atoms with Crippen molar-refractivity contribution >= 4 is 49.1 Å². The van der Waals surface area contributed by atoms with Gasteiger partial charge in [-0.25, -0.2) is 0 Å². The van der Waals surface area contributed by atoms with Crippen molar-refractivity contribution in [3.63, 3.8) is 0 Å². The first kappa shape index (κ1) is 14.1. The van der Waals surface area contributed by atoms with E-state index in [0.29, 0.717) is 11.3 Å². The Morgan fingerprint density at radius 1 is 1.16 bits per heavy atom. The number of carbonyl (C=O) groups excluding carboxylic acids is 1. The Labute approximate surface area is 128 Å². The molecule has 0 bridgehead atoms. The number of aryl methyl sites for hydroxylation is 1. The molecule has 5 heteroatoms. The lowest BCUT2D eigenvalue weighted by molar-refractivity contribution is 0.102. The SMILES string of the molecule is Cc1cc(N)ccc1C(=O)Nc1ccc(Br)cc1Br. The van der Waals surface area contributed by atoms with E-state index in [1.165, 1.54) is 0 Å². The van der Waals surface area contributed by atoms with Crippen molar-refractivity contribution in [1.82, 2.24) is 0 Å². The van der Waals surface area contributed by atoms with Gasteiger partial charge in [0.1, 0.15) is 0 Å². The Morgan fingerprint density at radius 2 is 1.89 bits per heavy atom. The molecule has 3 N–H and O–H groups in total. The third-order valence-corrected chi connectivity index (χ3v) is 3.82. The van der Waals surface area contributed by atoms with E-state index in [2.05, 4.69) is 37.2 Å². The van der Waals surface area contributed by atoms with Crippen LogP contribution in [0.4, 0.5) is 11.4 Å². The summed E-state index contributed by atoms with van der Waals surface area (Å²) in [4.78, 5) is 12.2. The number of hydrogen-bond donors (Lipinski definition) is 2. The molecule has 0 unspecified atom stereocenters. The van der Waals surface area contributed by atoms with Crippen LogP contribution < -0.4 is 11.1 Å². The van der Waals surface area contributed by atoms with Crippen molar-refractivity contribution < 1.29 is 4.79 Å². The van der Waals surface area contributed by atoms with Gasteiger partial charge in [0.05, 0.1) is 5.69 Å². The first-order valence-corrected chi connectivity index (χ1v) is 7.18. The number of nitrogens with two attached hydrogens (primary N) is 1. The second kappa shape index (κ2) is 5.75. The van der Waals surface area contributed by atoms with Crippen molar-refractivity contribution in [3.05, 3.63) is 56.5 Å². The van der Waals surface area contributed by atoms with Gasteiger partial charge in [-0.2, -0.15) is 0 Å². The Balaban J connectivity index is 2.25. The van der Waals surface area contributed by atoms with Gasteiger partial charge in [0, 0.05) is 20.2 Å². The summed E-state index contributed by atoms with van der Waals surface area (Å²) < 4.78 is 1.77. The van der Waals surface area contributed by atoms with E-state index < -0.39 is 0 Å². The summed E-state index contributed by atoms with van der Waals surface area (Å²) in [5, 5.41) is 2.87. The lowest BCUT2D eigenvalue weighted by Crippen LogP contribution is -2.13. The summed E-state index contributed by atoms with van der Waals surface area (Å²) in [6.45, 7) is 1.86. The molecule has 0 radical (unpaired) electrons. The zero-order chi connectivity index (χ0) is 14.0. The van der Waals surface area contributed by atoms with Gasteiger partial charge >= 0.3 is 0 Å². The van der Waals surface area contributed by atoms with Crippen LogP contribution in [0.3, 0.4) is 0 Å². The number of benzene rings is 2. The molecule has 0 saturated carbocycles. The van der Waals surface area contributed by atoms with Crippen molar-refractivity contribution in [3.8, 4) is 0 Å². The predicted octanol–water partition coefficient (Wildman–Crippen LogP) is 4.35. The van der Waals surface area contributed by atoms with Gasteiger partial charge in [-0.15, -0.1) is 0 Å². The van der Waals surface area contributed by atoms with Crippen LogP contribution in [0, 0.1) is 6.92 Å². The maximum atomic E-state index is 12.2. The maximum absolute atomic E-state index is 12.2. The molecule has 3 nitrogen and oxygen atoms in total. The monoisotopic (exact) mass is 382 g/mol. The van der Waals surface area contributed by atoms with E-state index in [-0.39, 0.29) is 5.91 Å². The smallest absolute Gasteiger partial charge is 0.255 e. The molecule has 0 fully saturated rings. The van der Waals surface area contributed by atoms with Crippen molar-refractivity contribution in [2.75, 3.05) is 11.1 Å². The highest BCUT2D eigenvalue weighted by Gasteiger charge is 2.11. The molecule has 98 valence electrons. The molecule has 2 aromatic carbocycles. The van der Waals surface area contributed by atoms with Gasteiger partial charge in [0.15, 0.2) is 0 Å². The highest BCUT2D eigenvalue weighted by atomic mass is 79.9. The van der Waals surface area contributed by atoms with Crippen molar-refractivity contribution in [1.29, 1.82) is 0 Å². The molecule has 2 aromatic rings. The van der Waals surface area contributed by atoms with Crippen LogP contribution >= 0.6 is 31.9 Å². The third kappa shape index (κ3) is 3.36. The van der Waals surface area contributed by atoms with Crippen LogP contribution in [-0.2, 0) is 0 Å². The first-order valence-electron chi connectivity index (χ1n) is 5.60. The van der Waals surface area contributed by atoms with E-state index in [9.17, 15) is 4.79 Å². The lowest BCUT2D eigenvalue weighted by Gasteiger charge is -2.10. The van der Waals surface area contributed by atoms with Gasteiger partial charge in [0.25, 0.3) is 5.91 Å². The zero-order valence-corrected chi connectivity index (χ0v) is 13.4. The quantitative estimate of drug-likeness (QED) is 0.757. The number of carbonyl (C=O) groups is 1. The minimum atomic E-state index is -0.152. The fourth-order valence-corrected chi connectivity index (χ4v) is 2.87. The van der Waals surface area contributed by atoms with Crippen LogP contribution in [0.5, 0.6) is 0 Å². The maximum Gasteiger partial charge on any atom is 0.255 e. The molecular weight excluding hydrogens is 372 g/mol. The number of halogens is 2. The summed E-state index contributed by atoms with van der Waals surface area (Å²) in [5.41, 5.74) is 8.52. The normalized spacial score (nSPS) is 10.3. The molecule has 0 aliphatic heterocycles. The van der Waals surface area contributed by atoms with Crippen LogP contribution in [0.1, 0.15) is 15.9 Å². The minimum absolute atomic E-state index is 0.152. The average Bonchev–Trinajstić information content (AvgIpc) is 2.32. The Bertz CT molecular complexity index is 641. The third-order valence-electron chi connectivity index (χ3n) is 2.67. The summed E-state index contributed by atoms with van der Waals surface area (Å²) in [7, 11) is 0. The van der Waals surface area contributed by atoms with Gasteiger partial charge in [-0.3, -0.25) is 4.79 Å². The highest BCUT2D eigenvalue weighted by Crippen LogP contribution is 2.27. The lowest BCUT2D eigenvalue weighted by atomic mass is 10.1. The van der Waals surface area contributed by atoms with Crippen LogP contribution in [0.15, 0.2) is 45.3 Å². The Hall–Kier alpha value is -1.33. The zero-order valence-electron chi connectivity index (χ0n) is 10.2. The number of nitrogens with one attached hydrogen (secondary N) is 1. The molecule has 0 aliphatic rings. The molecule has 19 heavy (non-hydrogen) atoms. The molecular formula is C14H12Br2N2O. The molecule has 1 amide bonds. The van der Waals surface area contributed by atoms with Crippen molar-refractivity contribution in [2.45, 2.75) is 6.92 Å². The second-order valence-electron chi connectivity index (χ2n) is 4.15. The molecule has 0 spiro atoms. The molecule has 2 rings (SSSR count). The molecule has 0 atom stereocenters. The van der Waals surface area contributed by atoms with E-state index >= 15 is 0 Å². The van der Waals surface area contributed by atoms with Crippen LogP contribution in [-0.4, -0.2) is 5.91 Å². The largest absolute Gasteiger partial charge is 0.399 e. The molecule has 0 saturated heterocycles. The summed E-state index contributed by atoms with van der Waals surface area (Å²) in [6.07, 6.45) is 0. The average molecular weight is 384 g/mol. The van der Waals surface area contributed by atoms with E-state index in [1.807, 2.05) is 25.1 Å².